The molecule has 17 heavy (non-hydrogen) atoms. The molecule has 3 N–H and O–H groups in total. The van der Waals surface area contributed by atoms with Crippen molar-refractivity contribution >= 4 is 11.9 Å². The number of rotatable bonds is 3. The number of nitrogens with zero attached hydrogens (tertiary/aromatic N) is 2. The molecule has 2 aliphatic rings. The lowest BCUT2D eigenvalue weighted by molar-refractivity contribution is -0.130. The van der Waals surface area contributed by atoms with Crippen LogP contribution in [0.3, 0.4) is 0 Å². The molecule has 0 radical (unpaired) electrons. The van der Waals surface area contributed by atoms with E-state index in [1.165, 1.54) is 12.8 Å². The molecule has 0 spiro atoms. The number of likely N-dealkylation sites (tertiary alicyclic amines) is 1. The van der Waals surface area contributed by atoms with Crippen LogP contribution in [0.1, 0.15) is 32.6 Å². The Labute approximate surface area is 102 Å². The zero-order chi connectivity index (χ0) is 12.3. The average molecular weight is 238 g/mol. The predicted octanol–water partition coefficient (Wildman–Crippen LogP) is 0.312. The first-order chi connectivity index (χ1) is 8.15. The molecule has 0 unspecified atom stereocenters. The Hall–Kier alpha value is -1.26. The molecule has 5 heteroatoms. The van der Waals surface area contributed by atoms with Gasteiger partial charge in [-0.05, 0) is 31.6 Å². The van der Waals surface area contributed by atoms with Crippen LogP contribution >= 0.6 is 0 Å². The van der Waals surface area contributed by atoms with Crippen molar-refractivity contribution in [2.24, 2.45) is 16.6 Å². The van der Waals surface area contributed by atoms with Crippen LogP contribution in [-0.4, -0.2) is 42.4 Å². The van der Waals surface area contributed by atoms with E-state index in [0.717, 1.165) is 32.5 Å². The molecule has 1 heterocycles. The van der Waals surface area contributed by atoms with E-state index in [4.69, 9.17) is 5.73 Å². The highest BCUT2D eigenvalue weighted by molar-refractivity contribution is 5.78. The lowest BCUT2D eigenvalue weighted by Crippen LogP contribution is -2.38. The Morgan fingerprint density at radius 2 is 2.00 bits per heavy atom. The Kier molecular flexibility index (Phi) is 3.86. The molecule has 0 aromatic heterocycles. The van der Waals surface area contributed by atoms with Gasteiger partial charge in [-0.1, -0.05) is 0 Å². The summed E-state index contributed by atoms with van der Waals surface area (Å²) in [4.78, 5) is 17.5. The summed E-state index contributed by atoms with van der Waals surface area (Å²) in [5.41, 5.74) is 5.78. The second kappa shape index (κ2) is 5.38. The summed E-state index contributed by atoms with van der Waals surface area (Å²) >= 11 is 0. The average Bonchev–Trinajstić information content (AvgIpc) is 3.11. The first-order valence-corrected chi connectivity index (χ1v) is 6.47. The molecule has 5 nitrogen and oxygen atoms in total. The van der Waals surface area contributed by atoms with Gasteiger partial charge in [-0.25, -0.2) is 0 Å². The van der Waals surface area contributed by atoms with E-state index in [9.17, 15) is 4.79 Å². The van der Waals surface area contributed by atoms with Gasteiger partial charge in [-0.3, -0.25) is 9.79 Å². The first-order valence-electron chi connectivity index (χ1n) is 6.47. The molecular formula is C12H22N4O. The lowest BCUT2D eigenvalue weighted by Gasteiger charge is -2.30. The van der Waals surface area contributed by atoms with Gasteiger partial charge >= 0.3 is 0 Å². The Morgan fingerprint density at radius 1 is 1.35 bits per heavy atom. The maximum absolute atomic E-state index is 11.2. The summed E-state index contributed by atoms with van der Waals surface area (Å²) in [6.45, 7) is 4.16. The Morgan fingerprint density at radius 3 is 2.53 bits per heavy atom. The molecule has 1 aliphatic heterocycles. The van der Waals surface area contributed by atoms with Gasteiger partial charge in [0.05, 0.1) is 0 Å². The first kappa shape index (κ1) is 12.2. The normalized spacial score (nSPS) is 22.6. The van der Waals surface area contributed by atoms with E-state index < -0.39 is 0 Å². The van der Waals surface area contributed by atoms with Crippen molar-refractivity contribution < 1.29 is 4.79 Å². The molecule has 2 fully saturated rings. The molecule has 0 aromatic carbocycles. The number of carbonyl (C=O) groups excluding carboxylic acids is 1. The highest BCUT2D eigenvalue weighted by Gasteiger charge is 2.22. The molecule has 2 rings (SSSR count). The molecule has 0 atom stereocenters. The van der Waals surface area contributed by atoms with E-state index >= 15 is 0 Å². The number of nitrogens with one attached hydrogen (secondary N) is 1. The van der Waals surface area contributed by atoms with Gasteiger partial charge in [0.2, 0.25) is 5.91 Å². The minimum atomic E-state index is 0.182. The topological polar surface area (TPSA) is 70.7 Å². The van der Waals surface area contributed by atoms with Gasteiger partial charge in [-0.15, -0.1) is 0 Å². The van der Waals surface area contributed by atoms with Crippen molar-refractivity contribution in [3.05, 3.63) is 0 Å². The summed E-state index contributed by atoms with van der Waals surface area (Å²) in [5, 5.41) is 3.18. The highest BCUT2D eigenvalue weighted by atomic mass is 16.2. The third kappa shape index (κ3) is 3.91. The van der Waals surface area contributed by atoms with Crippen LogP contribution < -0.4 is 11.1 Å². The number of amides is 1. The Bertz CT molecular complexity index is 304. The maximum Gasteiger partial charge on any atom is 0.219 e. The van der Waals surface area contributed by atoms with Gasteiger partial charge in [0.15, 0.2) is 5.96 Å². The van der Waals surface area contributed by atoms with Crippen LogP contribution in [0.15, 0.2) is 4.99 Å². The summed E-state index contributed by atoms with van der Waals surface area (Å²) in [5.74, 6) is 1.34. The van der Waals surface area contributed by atoms with Gasteiger partial charge in [0.25, 0.3) is 0 Å². The summed E-state index contributed by atoms with van der Waals surface area (Å²) < 4.78 is 0. The second-order valence-corrected chi connectivity index (χ2v) is 5.09. The number of carbonyl (C=O) groups is 1. The van der Waals surface area contributed by atoms with Crippen molar-refractivity contribution in [1.29, 1.82) is 0 Å². The molecule has 1 saturated heterocycles. The van der Waals surface area contributed by atoms with Crippen molar-refractivity contribution in [3.8, 4) is 0 Å². The monoisotopic (exact) mass is 238 g/mol. The molecule has 1 amide bonds. The quantitative estimate of drug-likeness (QED) is 0.549. The zero-order valence-electron chi connectivity index (χ0n) is 10.5. The fourth-order valence-electron chi connectivity index (χ4n) is 2.14. The van der Waals surface area contributed by atoms with Crippen LogP contribution in [0, 0.1) is 5.92 Å². The van der Waals surface area contributed by atoms with E-state index in [1.54, 1.807) is 6.92 Å². The lowest BCUT2D eigenvalue weighted by atomic mass is 9.97. The Balaban J connectivity index is 1.68. The standard InChI is InChI=1S/C12H22N4O/c1-9(17)16-6-4-10(5-7-16)8-14-12(13)15-11-2-3-11/h10-11H,2-8H2,1H3,(H3,13,14,15). The zero-order valence-corrected chi connectivity index (χ0v) is 10.5. The molecule has 96 valence electrons. The van der Waals surface area contributed by atoms with E-state index in [1.807, 2.05) is 4.90 Å². The van der Waals surface area contributed by atoms with Crippen molar-refractivity contribution in [2.45, 2.75) is 38.6 Å². The highest BCUT2D eigenvalue weighted by Crippen LogP contribution is 2.19. The number of hydrogen-bond acceptors (Lipinski definition) is 2. The van der Waals surface area contributed by atoms with Gasteiger partial charge < -0.3 is 16.0 Å². The third-order valence-electron chi connectivity index (χ3n) is 3.51. The third-order valence-corrected chi connectivity index (χ3v) is 3.51. The smallest absolute Gasteiger partial charge is 0.219 e. The molecule has 0 bridgehead atoms. The molecule has 1 saturated carbocycles. The van der Waals surface area contributed by atoms with Crippen molar-refractivity contribution in [1.82, 2.24) is 10.2 Å². The van der Waals surface area contributed by atoms with Crippen molar-refractivity contribution in [3.63, 3.8) is 0 Å². The van der Waals surface area contributed by atoms with Crippen LogP contribution in [0.4, 0.5) is 0 Å². The van der Waals surface area contributed by atoms with Gasteiger partial charge in [0.1, 0.15) is 0 Å². The van der Waals surface area contributed by atoms with Gasteiger partial charge in [0, 0.05) is 32.6 Å². The van der Waals surface area contributed by atoms with E-state index in [-0.39, 0.29) is 5.91 Å². The van der Waals surface area contributed by atoms with Crippen LogP contribution in [0.25, 0.3) is 0 Å². The number of hydrogen-bond donors (Lipinski definition) is 2. The minimum Gasteiger partial charge on any atom is -0.370 e. The fraction of sp³-hybridized carbons (Fsp3) is 0.833. The van der Waals surface area contributed by atoms with E-state index in [0.29, 0.717) is 17.9 Å². The number of aliphatic imine (C=N–C) groups is 1. The molecule has 1 aliphatic carbocycles. The van der Waals surface area contributed by atoms with Gasteiger partial charge in [-0.2, -0.15) is 0 Å². The van der Waals surface area contributed by atoms with E-state index in [2.05, 4.69) is 10.3 Å². The SMILES string of the molecule is CC(=O)N1CCC(CN=C(N)NC2CC2)CC1. The largest absolute Gasteiger partial charge is 0.370 e. The fourth-order valence-corrected chi connectivity index (χ4v) is 2.14. The molecule has 0 aromatic rings. The molecular weight excluding hydrogens is 216 g/mol. The minimum absolute atomic E-state index is 0.182. The maximum atomic E-state index is 11.2. The van der Waals surface area contributed by atoms with Crippen LogP contribution in [0.5, 0.6) is 0 Å². The number of nitrogens with two attached hydrogens (primary N) is 1. The van der Waals surface area contributed by atoms with Crippen molar-refractivity contribution in [2.75, 3.05) is 19.6 Å². The number of piperidine rings is 1. The second-order valence-electron chi connectivity index (χ2n) is 5.09. The van der Waals surface area contributed by atoms with Crippen LogP contribution in [-0.2, 0) is 4.79 Å². The predicted molar refractivity (Wildman–Crippen MR) is 67.6 cm³/mol. The summed E-state index contributed by atoms with van der Waals surface area (Å²) in [6.07, 6.45) is 4.51. The summed E-state index contributed by atoms with van der Waals surface area (Å²) in [7, 11) is 0. The number of guanidine groups is 1. The van der Waals surface area contributed by atoms with Crippen LogP contribution in [0.2, 0.25) is 0 Å². The summed E-state index contributed by atoms with van der Waals surface area (Å²) in [6, 6.07) is 0.568.